The topological polar surface area (TPSA) is 175 Å². The van der Waals surface area contributed by atoms with Gasteiger partial charge < -0.3 is 16.8 Å². The molecule has 176 valence electrons. The van der Waals surface area contributed by atoms with Crippen molar-refractivity contribution in [3.63, 3.8) is 0 Å². The maximum atomic E-state index is 13.1. The Morgan fingerprint density at radius 3 is 2.09 bits per heavy atom. The number of nitrogen functional groups attached to an aromatic ring is 2. The molecule has 3 rings (SSSR count). The second kappa shape index (κ2) is 10.7. The van der Waals surface area contributed by atoms with Crippen LogP contribution < -0.4 is 21.5 Å². The summed E-state index contributed by atoms with van der Waals surface area (Å²) in [6.45, 7) is 0.170. The SMILES string of the molecule is N=C(N)c1ccc(CNC(=O)[C@@H](Cc2ccccc2)NS(=O)(=O)c2cccc(C(=N)N)c2)cc1. The number of benzene rings is 3. The zero-order valence-electron chi connectivity index (χ0n) is 18.3. The fraction of sp³-hybridized carbons (Fsp3) is 0.125. The van der Waals surface area contributed by atoms with Gasteiger partial charge >= 0.3 is 0 Å². The summed E-state index contributed by atoms with van der Waals surface area (Å²) in [5, 5.41) is 17.8. The maximum Gasteiger partial charge on any atom is 0.241 e. The van der Waals surface area contributed by atoms with Crippen molar-refractivity contribution in [2.24, 2.45) is 11.5 Å². The van der Waals surface area contributed by atoms with E-state index in [1.54, 1.807) is 24.3 Å². The molecule has 0 aliphatic carbocycles. The van der Waals surface area contributed by atoms with Crippen LogP contribution in [-0.2, 0) is 27.8 Å². The van der Waals surface area contributed by atoms with Crippen LogP contribution in [0.2, 0.25) is 0 Å². The van der Waals surface area contributed by atoms with Crippen LogP contribution in [0.1, 0.15) is 22.3 Å². The van der Waals surface area contributed by atoms with E-state index in [9.17, 15) is 13.2 Å². The minimum atomic E-state index is -4.08. The van der Waals surface area contributed by atoms with Gasteiger partial charge in [0.05, 0.1) is 4.90 Å². The van der Waals surface area contributed by atoms with E-state index in [4.69, 9.17) is 22.3 Å². The van der Waals surface area contributed by atoms with E-state index in [-0.39, 0.29) is 35.1 Å². The van der Waals surface area contributed by atoms with Crippen LogP contribution in [0, 0.1) is 10.8 Å². The molecular weight excluding hydrogens is 452 g/mol. The molecule has 1 atom stereocenters. The summed E-state index contributed by atoms with van der Waals surface area (Å²) in [5.41, 5.74) is 13.3. The number of nitrogens with two attached hydrogens (primary N) is 2. The maximum absolute atomic E-state index is 13.1. The highest BCUT2D eigenvalue weighted by atomic mass is 32.2. The van der Waals surface area contributed by atoms with Crippen molar-refractivity contribution in [1.29, 1.82) is 10.8 Å². The van der Waals surface area contributed by atoms with Crippen LogP contribution in [0.15, 0.2) is 83.8 Å². The summed E-state index contributed by atoms with van der Waals surface area (Å²) in [4.78, 5) is 12.9. The molecule has 8 N–H and O–H groups in total. The first-order valence-corrected chi connectivity index (χ1v) is 11.9. The highest BCUT2D eigenvalue weighted by Gasteiger charge is 2.26. The third-order valence-corrected chi connectivity index (χ3v) is 6.55. The van der Waals surface area contributed by atoms with Gasteiger partial charge in [0.15, 0.2) is 0 Å². The zero-order chi connectivity index (χ0) is 24.7. The first-order valence-electron chi connectivity index (χ1n) is 10.4. The second-order valence-corrected chi connectivity index (χ2v) is 9.35. The lowest BCUT2D eigenvalue weighted by Gasteiger charge is -2.19. The molecule has 9 nitrogen and oxygen atoms in total. The Labute approximate surface area is 198 Å². The van der Waals surface area contributed by atoms with Gasteiger partial charge in [0.2, 0.25) is 15.9 Å². The summed E-state index contributed by atoms with van der Waals surface area (Å²) in [5.74, 6) is -0.807. The normalized spacial score (nSPS) is 12.0. The first-order chi connectivity index (χ1) is 16.2. The number of amidine groups is 2. The van der Waals surface area contributed by atoms with E-state index in [2.05, 4.69) is 10.0 Å². The van der Waals surface area contributed by atoms with Gasteiger partial charge in [0, 0.05) is 17.7 Å². The molecule has 3 aromatic carbocycles. The molecule has 0 saturated carbocycles. The van der Waals surface area contributed by atoms with Crippen molar-refractivity contribution >= 4 is 27.6 Å². The highest BCUT2D eigenvalue weighted by molar-refractivity contribution is 7.89. The monoisotopic (exact) mass is 478 g/mol. The molecule has 3 aromatic rings. The summed E-state index contributed by atoms with van der Waals surface area (Å²) in [6, 6.07) is 20.5. The van der Waals surface area contributed by atoms with Gasteiger partial charge in [-0.1, -0.05) is 66.7 Å². The lowest BCUT2D eigenvalue weighted by molar-refractivity contribution is -0.122. The van der Waals surface area contributed by atoms with Gasteiger partial charge in [0.25, 0.3) is 0 Å². The number of hydrogen-bond donors (Lipinski definition) is 6. The Hall–Kier alpha value is -4.02. The van der Waals surface area contributed by atoms with Crippen molar-refractivity contribution in [2.75, 3.05) is 0 Å². The third kappa shape index (κ3) is 6.50. The summed E-state index contributed by atoms with van der Waals surface area (Å²) >= 11 is 0. The van der Waals surface area contributed by atoms with Crippen LogP contribution in [0.5, 0.6) is 0 Å². The van der Waals surface area contributed by atoms with E-state index < -0.39 is 22.0 Å². The molecule has 0 aliphatic rings. The van der Waals surface area contributed by atoms with Crippen LogP contribution in [-0.4, -0.2) is 32.0 Å². The summed E-state index contributed by atoms with van der Waals surface area (Å²) in [7, 11) is -4.08. The second-order valence-electron chi connectivity index (χ2n) is 7.63. The van der Waals surface area contributed by atoms with Crippen molar-refractivity contribution in [3.05, 3.63) is 101 Å². The van der Waals surface area contributed by atoms with Crippen molar-refractivity contribution in [2.45, 2.75) is 23.9 Å². The summed E-state index contributed by atoms with van der Waals surface area (Å²) < 4.78 is 28.6. The van der Waals surface area contributed by atoms with Crippen molar-refractivity contribution in [3.8, 4) is 0 Å². The minimum absolute atomic E-state index is 0.0539. The number of hydrogen-bond acceptors (Lipinski definition) is 5. The standard InChI is InChI=1S/C24H26N6O3S/c25-22(26)18-11-9-17(10-12-18)15-29-24(31)21(13-16-5-2-1-3-6-16)30-34(32,33)20-8-4-7-19(14-20)23(27)28/h1-12,14,21,30H,13,15H2,(H3,25,26)(H3,27,28)(H,29,31)/t21-/m1/s1. The number of sulfonamides is 1. The number of nitrogens with one attached hydrogen (secondary N) is 4. The van der Waals surface area contributed by atoms with Gasteiger partial charge in [0.1, 0.15) is 17.7 Å². The molecule has 0 radical (unpaired) electrons. The molecule has 34 heavy (non-hydrogen) atoms. The quantitative estimate of drug-likeness (QED) is 0.191. The smallest absolute Gasteiger partial charge is 0.241 e. The van der Waals surface area contributed by atoms with Crippen LogP contribution in [0.3, 0.4) is 0 Å². The van der Waals surface area contributed by atoms with Crippen LogP contribution in [0.25, 0.3) is 0 Å². The number of carbonyl (C=O) groups is 1. The Balaban J connectivity index is 1.80. The van der Waals surface area contributed by atoms with E-state index in [0.717, 1.165) is 11.1 Å². The lowest BCUT2D eigenvalue weighted by Crippen LogP contribution is -2.47. The van der Waals surface area contributed by atoms with E-state index in [1.165, 1.54) is 24.3 Å². The molecule has 0 heterocycles. The number of carbonyl (C=O) groups excluding carboxylic acids is 1. The summed E-state index contributed by atoms with van der Waals surface area (Å²) in [6.07, 6.45) is 0.140. The van der Waals surface area contributed by atoms with Gasteiger partial charge in [-0.3, -0.25) is 15.6 Å². The van der Waals surface area contributed by atoms with Gasteiger partial charge in [-0.2, -0.15) is 4.72 Å². The molecule has 10 heteroatoms. The first kappa shape index (κ1) is 24.6. The molecular formula is C24H26N6O3S. The van der Waals surface area contributed by atoms with Crippen LogP contribution >= 0.6 is 0 Å². The fourth-order valence-electron chi connectivity index (χ4n) is 3.24. The number of rotatable bonds is 10. The highest BCUT2D eigenvalue weighted by Crippen LogP contribution is 2.14. The Kier molecular flexibility index (Phi) is 7.77. The largest absolute Gasteiger partial charge is 0.384 e. The molecule has 0 aliphatic heterocycles. The predicted octanol–water partition coefficient (Wildman–Crippen LogP) is 1.46. The van der Waals surface area contributed by atoms with Gasteiger partial charge in [-0.05, 0) is 29.7 Å². The zero-order valence-corrected chi connectivity index (χ0v) is 19.1. The van der Waals surface area contributed by atoms with Gasteiger partial charge in [-0.15, -0.1) is 0 Å². The lowest BCUT2D eigenvalue weighted by atomic mass is 10.1. The van der Waals surface area contributed by atoms with Gasteiger partial charge in [-0.25, -0.2) is 8.42 Å². The molecule has 0 fully saturated rings. The molecule has 0 spiro atoms. The Bertz CT molecular complexity index is 1290. The molecule has 1 amide bonds. The number of amides is 1. The average Bonchev–Trinajstić information content (AvgIpc) is 2.83. The van der Waals surface area contributed by atoms with Crippen molar-refractivity contribution < 1.29 is 13.2 Å². The predicted molar refractivity (Wildman–Crippen MR) is 131 cm³/mol. The Morgan fingerprint density at radius 2 is 1.47 bits per heavy atom. The molecule has 0 unspecified atom stereocenters. The third-order valence-electron chi connectivity index (χ3n) is 5.08. The van der Waals surface area contributed by atoms with Crippen molar-refractivity contribution in [1.82, 2.24) is 10.0 Å². The Morgan fingerprint density at radius 1 is 0.824 bits per heavy atom. The van der Waals surface area contributed by atoms with E-state index in [0.29, 0.717) is 5.56 Å². The molecule has 0 aromatic heterocycles. The molecule has 0 saturated heterocycles. The average molecular weight is 479 g/mol. The van der Waals surface area contributed by atoms with E-state index in [1.807, 2.05) is 30.3 Å². The minimum Gasteiger partial charge on any atom is -0.384 e. The molecule has 0 bridgehead atoms. The van der Waals surface area contributed by atoms with E-state index >= 15 is 0 Å². The van der Waals surface area contributed by atoms with Crippen LogP contribution in [0.4, 0.5) is 0 Å². The fourth-order valence-corrected chi connectivity index (χ4v) is 4.48.